The second-order valence-electron chi connectivity index (χ2n) is 4.78. The molecule has 5 nitrogen and oxygen atoms in total. The average Bonchev–Trinajstić information content (AvgIpc) is 2.87. The number of nitrogens with zero attached hydrogens (tertiary/aromatic N) is 2. The Hall–Kier alpha value is -2.15. The maximum absolute atomic E-state index is 12.8. The number of anilines is 1. The molecule has 2 amide bonds. The number of aromatic nitrogens is 2. The SMILES string of the molecule is C[C@H](NC(=O)Nc1cccc(C(F)F)c1Cl)c1cnn(C)c1. The summed E-state index contributed by atoms with van der Waals surface area (Å²) in [6.45, 7) is 1.79. The second-order valence-corrected chi connectivity index (χ2v) is 5.15. The molecule has 2 rings (SSSR count). The highest BCUT2D eigenvalue weighted by Crippen LogP contribution is 2.32. The Kier molecular flexibility index (Phi) is 4.97. The number of aryl methyl sites for hydroxylation is 1. The van der Waals surface area contributed by atoms with Crippen LogP contribution in [0.2, 0.25) is 5.02 Å². The minimum Gasteiger partial charge on any atom is -0.331 e. The van der Waals surface area contributed by atoms with Crippen LogP contribution in [-0.4, -0.2) is 15.8 Å². The van der Waals surface area contributed by atoms with Crippen LogP contribution in [0, 0.1) is 0 Å². The molecule has 0 spiro atoms. The van der Waals surface area contributed by atoms with Crippen molar-refractivity contribution in [3.05, 3.63) is 46.7 Å². The normalized spacial score (nSPS) is 12.3. The smallest absolute Gasteiger partial charge is 0.319 e. The zero-order valence-corrected chi connectivity index (χ0v) is 12.7. The lowest BCUT2D eigenvalue weighted by Crippen LogP contribution is -2.31. The number of alkyl halides is 2. The highest BCUT2D eigenvalue weighted by molar-refractivity contribution is 6.34. The number of carbonyl (C=O) groups excluding carboxylic acids is 1. The molecule has 118 valence electrons. The highest BCUT2D eigenvalue weighted by atomic mass is 35.5. The lowest BCUT2D eigenvalue weighted by atomic mass is 10.2. The first kappa shape index (κ1) is 16.2. The largest absolute Gasteiger partial charge is 0.331 e. The molecule has 1 aromatic heterocycles. The van der Waals surface area contributed by atoms with E-state index in [1.807, 2.05) is 0 Å². The predicted octanol–water partition coefficient (Wildman–Crippen LogP) is 3.89. The van der Waals surface area contributed by atoms with E-state index in [0.717, 1.165) is 5.56 Å². The third kappa shape index (κ3) is 3.73. The predicted molar refractivity (Wildman–Crippen MR) is 80.2 cm³/mol. The molecule has 0 aliphatic heterocycles. The maximum atomic E-state index is 12.8. The van der Waals surface area contributed by atoms with E-state index in [4.69, 9.17) is 11.6 Å². The van der Waals surface area contributed by atoms with E-state index in [-0.39, 0.29) is 22.3 Å². The summed E-state index contributed by atoms with van der Waals surface area (Å²) >= 11 is 5.87. The zero-order valence-electron chi connectivity index (χ0n) is 12.0. The molecule has 1 heterocycles. The first-order chi connectivity index (χ1) is 10.4. The second kappa shape index (κ2) is 6.74. The van der Waals surface area contributed by atoms with Crippen molar-refractivity contribution in [2.45, 2.75) is 19.4 Å². The molecule has 0 unspecified atom stereocenters. The van der Waals surface area contributed by atoms with Gasteiger partial charge in [-0.2, -0.15) is 5.10 Å². The third-order valence-electron chi connectivity index (χ3n) is 3.08. The molecular formula is C14H15ClF2N4O. The fourth-order valence-electron chi connectivity index (χ4n) is 1.92. The van der Waals surface area contributed by atoms with Gasteiger partial charge in [0.2, 0.25) is 0 Å². The van der Waals surface area contributed by atoms with E-state index in [1.54, 1.807) is 31.0 Å². The monoisotopic (exact) mass is 328 g/mol. The quantitative estimate of drug-likeness (QED) is 0.894. The summed E-state index contributed by atoms with van der Waals surface area (Å²) in [5.74, 6) is 0. The molecule has 0 saturated heterocycles. The molecule has 2 N–H and O–H groups in total. The van der Waals surface area contributed by atoms with Crippen LogP contribution in [0.1, 0.15) is 30.5 Å². The van der Waals surface area contributed by atoms with Crippen molar-refractivity contribution in [1.29, 1.82) is 0 Å². The molecule has 8 heteroatoms. The fraction of sp³-hybridized carbons (Fsp3) is 0.286. The van der Waals surface area contributed by atoms with Crippen LogP contribution in [0.25, 0.3) is 0 Å². The standard InChI is InChI=1S/C14H15ClF2N4O/c1-8(9-6-18-21(2)7-9)19-14(22)20-11-5-3-4-10(12(11)15)13(16)17/h3-8,13H,1-2H3,(H2,19,20,22)/t8-/m0/s1. The van der Waals surface area contributed by atoms with Gasteiger partial charge in [-0.1, -0.05) is 23.7 Å². The minimum atomic E-state index is -2.70. The van der Waals surface area contributed by atoms with Crippen LogP contribution < -0.4 is 10.6 Å². The Labute approximate surface area is 131 Å². The highest BCUT2D eigenvalue weighted by Gasteiger charge is 2.17. The van der Waals surface area contributed by atoms with Crippen molar-refractivity contribution >= 4 is 23.3 Å². The molecule has 2 aromatic rings. The van der Waals surface area contributed by atoms with Crippen molar-refractivity contribution in [2.24, 2.45) is 7.05 Å². The Morgan fingerprint density at radius 1 is 1.41 bits per heavy atom. The number of hydrogen-bond donors (Lipinski definition) is 2. The molecular weight excluding hydrogens is 314 g/mol. The van der Waals surface area contributed by atoms with Crippen LogP contribution >= 0.6 is 11.6 Å². The van der Waals surface area contributed by atoms with Crippen molar-refractivity contribution in [1.82, 2.24) is 15.1 Å². The van der Waals surface area contributed by atoms with Gasteiger partial charge in [0, 0.05) is 24.4 Å². The number of halogens is 3. The fourth-order valence-corrected chi connectivity index (χ4v) is 2.17. The Morgan fingerprint density at radius 2 is 2.14 bits per heavy atom. The van der Waals surface area contributed by atoms with Gasteiger partial charge in [0.05, 0.1) is 22.9 Å². The van der Waals surface area contributed by atoms with Crippen LogP contribution in [0.5, 0.6) is 0 Å². The number of urea groups is 1. The lowest BCUT2D eigenvalue weighted by Gasteiger charge is -2.15. The molecule has 0 aliphatic carbocycles. The molecule has 1 aromatic carbocycles. The van der Waals surface area contributed by atoms with Gasteiger partial charge in [-0.25, -0.2) is 13.6 Å². The first-order valence-electron chi connectivity index (χ1n) is 6.51. The van der Waals surface area contributed by atoms with Gasteiger partial charge in [0.1, 0.15) is 0 Å². The van der Waals surface area contributed by atoms with Crippen molar-refractivity contribution in [3.8, 4) is 0 Å². The molecule has 0 aliphatic rings. The molecule has 0 saturated carbocycles. The van der Waals surface area contributed by atoms with Gasteiger partial charge in [-0.3, -0.25) is 4.68 Å². The minimum absolute atomic E-state index is 0.135. The molecule has 1 atom stereocenters. The maximum Gasteiger partial charge on any atom is 0.319 e. The van der Waals surface area contributed by atoms with Crippen molar-refractivity contribution in [2.75, 3.05) is 5.32 Å². The number of amides is 2. The van der Waals surface area contributed by atoms with Gasteiger partial charge in [0.15, 0.2) is 0 Å². The topological polar surface area (TPSA) is 59.0 Å². The van der Waals surface area contributed by atoms with E-state index >= 15 is 0 Å². The summed E-state index contributed by atoms with van der Waals surface area (Å²) in [5.41, 5.74) is 0.639. The van der Waals surface area contributed by atoms with Crippen LogP contribution in [0.15, 0.2) is 30.6 Å². The first-order valence-corrected chi connectivity index (χ1v) is 6.89. The molecule has 22 heavy (non-hydrogen) atoms. The molecule has 0 radical (unpaired) electrons. The summed E-state index contributed by atoms with van der Waals surface area (Å²) in [4.78, 5) is 11.9. The van der Waals surface area contributed by atoms with Gasteiger partial charge in [-0.15, -0.1) is 0 Å². The van der Waals surface area contributed by atoms with Crippen LogP contribution in [0.4, 0.5) is 19.3 Å². The number of benzene rings is 1. The Balaban J connectivity index is 2.05. The summed E-state index contributed by atoms with van der Waals surface area (Å²) in [6, 6.07) is 3.26. The van der Waals surface area contributed by atoms with Crippen LogP contribution in [-0.2, 0) is 7.05 Å². The Morgan fingerprint density at radius 3 is 2.73 bits per heavy atom. The number of rotatable bonds is 4. The van der Waals surface area contributed by atoms with E-state index in [0.29, 0.717) is 0 Å². The number of hydrogen-bond acceptors (Lipinski definition) is 2. The van der Waals surface area contributed by atoms with E-state index in [9.17, 15) is 13.6 Å². The third-order valence-corrected chi connectivity index (χ3v) is 3.51. The van der Waals surface area contributed by atoms with E-state index in [2.05, 4.69) is 15.7 Å². The van der Waals surface area contributed by atoms with Crippen molar-refractivity contribution in [3.63, 3.8) is 0 Å². The van der Waals surface area contributed by atoms with Gasteiger partial charge >= 0.3 is 6.03 Å². The molecule has 0 bridgehead atoms. The number of nitrogens with one attached hydrogen (secondary N) is 2. The van der Waals surface area contributed by atoms with Gasteiger partial charge in [0.25, 0.3) is 6.43 Å². The molecule has 0 fully saturated rings. The summed E-state index contributed by atoms with van der Waals surface area (Å²) in [5, 5.41) is 9.00. The van der Waals surface area contributed by atoms with Crippen LogP contribution in [0.3, 0.4) is 0 Å². The Bertz CT molecular complexity index is 675. The zero-order chi connectivity index (χ0) is 16.3. The average molecular weight is 329 g/mol. The number of carbonyl (C=O) groups is 1. The van der Waals surface area contributed by atoms with Gasteiger partial charge < -0.3 is 10.6 Å². The van der Waals surface area contributed by atoms with Gasteiger partial charge in [-0.05, 0) is 13.0 Å². The van der Waals surface area contributed by atoms with E-state index in [1.165, 1.54) is 18.2 Å². The summed E-state index contributed by atoms with van der Waals surface area (Å²) < 4.78 is 27.1. The van der Waals surface area contributed by atoms with Crippen molar-refractivity contribution < 1.29 is 13.6 Å². The lowest BCUT2D eigenvalue weighted by molar-refractivity contribution is 0.151. The summed E-state index contributed by atoms with van der Waals surface area (Å²) in [6.07, 6.45) is 0.705. The van der Waals surface area contributed by atoms with E-state index < -0.39 is 12.5 Å². The summed E-state index contributed by atoms with van der Waals surface area (Å²) in [7, 11) is 1.77.